The largest absolute Gasteiger partial charge is 0.490 e. The second-order valence-electron chi connectivity index (χ2n) is 7.59. The highest BCUT2D eigenvalue weighted by Crippen LogP contribution is 2.20. The van der Waals surface area contributed by atoms with Gasteiger partial charge in [0.05, 0.1) is 22.8 Å². The zero-order valence-corrected chi connectivity index (χ0v) is 18.3. The van der Waals surface area contributed by atoms with Crippen LogP contribution in [0.5, 0.6) is 5.75 Å². The fourth-order valence-electron chi connectivity index (χ4n) is 2.87. The van der Waals surface area contributed by atoms with Gasteiger partial charge in [0.25, 0.3) is 5.91 Å². The highest BCUT2D eigenvalue weighted by atomic mass is 16.5. The summed E-state index contributed by atoms with van der Waals surface area (Å²) in [6.07, 6.45) is 0. The Kier molecular flexibility index (Phi) is 7.60. The SMILES string of the molecule is CC(O)(COc1ccc(C#N)cc1)C(=O)Nc1ccc(C#N)c(C(=O)OCc2ccccc2)c1. The summed E-state index contributed by atoms with van der Waals surface area (Å²) in [5.74, 6) is -1.10. The number of aliphatic hydroxyl groups is 1. The van der Waals surface area contributed by atoms with Crippen molar-refractivity contribution >= 4 is 17.6 Å². The predicted molar refractivity (Wildman–Crippen MR) is 123 cm³/mol. The van der Waals surface area contributed by atoms with Gasteiger partial charge in [-0.1, -0.05) is 30.3 Å². The van der Waals surface area contributed by atoms with Gasteiger partial charge in [-0.25, -0.2) is 4.79 Å². The van der Waals surface area contributed by atoms with E-state index in [0.717, 1.165) is 5.56 Å². The number of nitrogens with one attached hydrogen (secondary N) is 1. The summed E-state index contributed by atoms with van der Waals surface area (Å²) in [6, 6.07) is 23.4. The van der Waals surface area contributed by atoms with E-state index < -0.39 is 17.5 Å². The molecule has 0 aliphatic heterocycles. The van der Waals surface area contributed by atoms with Crippen molar-refractivity contribution in [3.05, 3.63) is 95.1 Å². The summed E-state index contributed by atoms with van der Waals surface area (Å²) >= 11 is 0. The number of hydrogen-bond donors (Lipinski definition) is 2. The van der Waals surface area contributed by atoms with E-state index in [9.17, 15) is 20.0 Å². The van der Waals surface area contributed by atoms with Crippen molar-refractivity contribution in [3.8, 4) is 17.9 Å². The molecule has 2 N–H and O–H groups in total. The number of hydrogen-bond acceptors (Lipinski definition) is 7. The van der Waals surface area contributed by atoms with Gasteiger partial charge in [-0.2, -0.15) is 10.5 Å². The Balaban J connectivity index is 1.66. The molecule has 0 aliphatic carbocycles. The van der Waals surface area contributed by atoms with Crippen molar-refractivity contribution in [1.82, 2.24) is 0 Å². The molecule has 0 spiro atoms. The molecule has 0 radical (unpaired) electrons. The number of esters is 1. The first-order valence-electron chi connectivity index (χ1n) is 10.2. The number of carbonyl (C=O) groups excluding carboxylic acids is 2. The highest BCUT2D eigenvalue weighted by Gasteiger charge is 2.32. The third-order valence-corrected chi connectivity index (χ3v) is 4.82. The Hall–Kier alpha value is -4.66. The fourth-order valence-corrected chi connectivity index (χ4v) is 2.87. The Labute approximate surface area is 196 Å². The molecule has 0 saturated heterocycles. The van der Waals surface area contributed by atoms with E-state index in [1.54, 1.807) is 36.4 Å². The lowest BCUT2D eigenvalue weighted by Crippen LogP contribution is -2.45. The van der Waals surface area contributed by atoms with Crippen LogP contribution in [0.25, 0.3) is 0 Å². The maximum atomic E-state index is 12.6. The van der Waals surface area contributed by atoms with Crippen LogP contribution in [0.1, 0.15) is 34.0 Å². The van der Waals surface area contributed by atoms with Crippen molar-refractivity contribution in [3.63, 3.8) is 0 Å². The number of carbonyl (C=O) groups is 2. The van der Waals surface area contributed by atoms with Gasteiger partial charge in [0.2, 0.25) is 0 Å². The van der Waals surface area contributed by atoms with E-state index in [1.807, 2.05) is 30.3 Å². The van der Waals surface area contributed by atoms with Crippen molar-refractivity contribution < 1.29 is 24.2 Å². The normalized spacial score (nSPS) is 11.9. The first-order valence-corrected chi connectivity index (χ1v) is 10.2. The van der Waals surface area contributed by atoms with Gasteiger partial charge < -0.3 is 19.9 Å². The number of ether oxygens (including phenoxy) is 2. The van der Waals surface area contributed by atoms with Gasteiger partial charge in [0.1, 0.15) is 25.0 Å². The highest BCUT2D eigenvalue weighted by molar-refractivity contribution is 5.99. The van der Waals surface area contributed by atoms with Crippen LogP contribution in [-0.4, -0.2) is 29.2 Å². The van der Waals surface area contributed by atoms with E-state index in [4.69, 9.17) is 14.7 Å². The molecule has 0 aliphatic rings. The van der Waals surface area contributed by atoms with Crippen molar-refractivity contribution in [2.45, 2.75) is 19.1 Å². The van der Waals surface area contributed by atoms with Gasteiger partial charge >= 0.3 is 5.97 Å². The summed E-state index contributed by atoms with van der Waals surface area (Å²) in [5, 5.41) is 31.3. The third kappa shape index (κ3) is 6.19. The average molecular weight is 455 g/mol. The molecule has 8 heteroatoms. The van der Waals surface area contributed by atoms with E-state index in [2.05, 4.69) is 5.32 Å². The monoisotopic (exact) mass is 455 g/mol. The molecule has 1 amide bonds. The molecule has 34 heavy (non-hydrogen) atoms. The van der Waals surface area contributed by atoms with Crippen molar-refractivity contribution in [2.24, 2.45) is 0 Å². The van der Waals surface area contributed by atoms with Gasteiger partial charge in [0.15, 0.2) is 5.60 Å². The van der Waals surface area contributed by atoms with Gasteiger partial charge in [-0.05, 0) is 55.0 Å². The van der Waals surface area contributed by atoms with Crippen LogP contribution in [0.4, 0.5) is 5.69 Å². The molecule has 3 aromatic carbocycles. The number of benzene rings is 3. The van der Waals surface area contributed by atoms with Crippen LogP contribution in [0.2, 0.25) is 0 Å². The van der Waals surface area contributed by atoms with Crippen LogP contribution >= 0.6 is 0 Å². The lowest BCUT2D eigenvalue weighted by Gasteiger charge is -2.22. The molecule has 0 saturated carbocycles. The summed E-state index contributed by atoms with van der Waals surface area (Å²) in [7, 11) is 0. The standard InChI is InChI=1S/C26H21N3O5/c1-26(32,17-34-22-11-7-18(14-27)8-12-22)25(31)29-21-10-9-20(15-28)23(13-21)24(30)33-16-19-5-3-2-4-6-19/h2-13,32H,16-17H2,1H3,(H,29,31). The Morgan fingerprint density at radius 3 is 2.35 bits per heavy atom. The van der Waals surface area contributed by atoms with Gasteiger partial charge in [-0.3, -0.25) is 4.79 Å². The first-order chi connectivity index (χ1) is 16.3. The maximum Gasteiger partial charge on any atom is 0.339 e. The number of nitrogens with zero attached hydrogens (tertiary/aromatic N) is 2. The van der Waals surface area contributed by atoms with Crippen molar-refractivity contribution in [2.75, 3.05) is 11.9 Å². The molecule has 0 fully saturated rings. The lowest BCUT2D eigenvalue weighted by molar-refractivity contribution is -0.135. The van der Waals surface area contributed by atoms with Crippen molar-refractivity contribution in [1.29, 1.82) is 10.5 Å². The maximum absolute atomic E-state index is 12.6. The predicted octanol–water partition coefficient (Wildman–Crippen LogP) is 3.56. The van der Waals surface area contributed by atoms with E-state index >= 15 is 0 Å². The molecule has 0 bridgehead atoms. The molecular formula is C26H21N3O5. The average Bonchev–Trinajstić information content (AvgIpc) is 2.87. The molecule has 1 atom stereocenters. The van der Waals surface area contributed by atoms with E-state index in [0.29, 0.717) is 11.3 Å². The summed E-state index contributed by atoms with van der Waals surface area (Å²) < 4.78 is 10.8. The third-order valence-electron chi connectivity index (χ3n) is 4.82. The lowest BCUT2D eigenvalue weighted by atomic mass is 10.1. The second kappa shape index (κ2) is 10.8. The number of rotatable bonds is 8. The molecule has 0 aromatic heterocycles. The summed E-state index contributed by atoms with van der Waals surface area (Å²) in [5.41, 5.74) is -0.380. The smallest absolute Gasteiger partial charge is 0.339 e. The number of anilines is 1. The fraction of sp³-hybridized carbons (Fsp3) is 0.154. The zero-order valence-electron chi connectivity index (χ0n) is 18.3. The molecule has 170 valence electrons. The molecule has 8 nitrogen and oxygen atoms in total. The zero-order chi connectivity index (χ0) is 24.6. The van der Waals surface area contributed by atoms with Crippen LogP contribution in [0.15, 0.2) is 72.8 Å². The summed E-state index contributed by atoms with van der Waals surface area (Å²) in [6.45, 7) is 0.959. The molecular weight excluding hydrogens is 434 g/mol. The molecule has 1 unspecified atom stereocenters. The Morgan fingerprint density at radius 1 is 1.00 bits per heavy atom. The van der Waals surface area contributed by atoms with Crippen LogP contribution in [0.3, 0.4) is 0 Å². The minimum Gasteiger partial charge on any atom is -0.490 e. The van der Waals surface area contributed by atoms with Crippen LogP contribution in [0, 0.1) is 22.7 Å². The Bertz CT molecular complexity index is 1260. The molecule has 3 rings (SSSR count). The number of nitriles is 2. The van der Waals surface area contributed by atoms with Gasteiger partial charge in [0, 0.05) is 5.69 Å². The first kappa shape index (κ1) is 24.0. The minimum absolute atomic E-state index is 0.00953. The van der Waals surface area contributed by atoms with E-state index in [1.165, 1.54) is 25.1 Å². The second-order valence-corrected chi connectivity index (χ2v) is 7.59. The van der Waals surface area contributed by atoms with E-state index in [-0.39, 0.29) is 30.0 Å². The van der Waals surface area contributed by atoms with Crippen LogP contribution < -0.4 is 10.1 Å². The Morgan fingerprint density at radius 2 is 1.71 bits per heavy atom. The minimum atomic E-state index is -1.91. The van der Waals surface area contributed by atoms with Crippen LogP contribution in [-0.2, 0) is 16.1 Å². The topological polar surface area (TPSA) is 132 Å². The quantitative estimate of drug-likeness (QED) is 0.496. The molecule has 3 aromatic rings. The molecule has 0 heterocycles. The van der Waals surface area contributed by atoms with Gasteiger partial charge in [-0.15, -0.1) is 0 Å². The number of amides is 1. The summed E-state index contributed by atoms with van der Waals surface area (Å²) in [4.78, 5) is 25.2.